The minimum Gasteiger partial charge on any atom is -0.465 e. The fraction of sp³-hybridized carbons (Fsp3) is 0.381. The number of nitriles is 1. The monoisotopic (exact) mass is 406 g/mol. The Labute approximate surface area is 173 Å². The van der Waals surface area contributed by atoms with E-state index in [4.69, 9.17) is 9.52 Å². The van der Waals surface area contributed by atoms with Gasteiger partial charge >= 0.3 is 6.09 Å². The fourth-order valence-electron chi connectivity index (χ4n) is 3.64. The van der Waals surface area contributed by atoms with Crippen molar-refractivity contribution in [1.29, 1.82) is 5.26 Å². The van der Waals surface area contributed by atoms with Gasteiger partial charge in [0.25, 0.3) is 0 Å². The van der Waals surface area contributed by atoms with Gasteiger partial charge in [-0.3, -0.25) is 0 Å². The normalized spacial score (nSPS) is 15.7. The average Bonchev–Trinajstić information content (AvgIpc) is 3.18. The van der Waals surface area contributed by atoms with Crippen molar-refractivity contribution in [2.75, 3.05) is 25.0 Å². The van der Waals surface area contributed by atoms with Crippen LogP contribution in [0.1, 0.15) is 35.9 Å². The van der Waals surface area contributed by atoms with E-state index >= 15 is 0 Å². The summed E-state index contributed by atoms with van der Waals surface area (Å²) >= 11 is 0. The van der Waals surface area contributed by atoms with E-state index in [1.165, 1.54) is 4.90 Å². The summed E-state index contributed by atoms with van der Waals surface area (Å²) in [5.74, 6) is 0.359. The predicted molar refractivity (Wildman–Crippen MR) is 109 cm³/mol. The summed E-state index contributed by atoms with van der Waals surface area (Å²) in [7, 11) is 0. The van der Waals surface area contributed by atoms with Gasteiger partial charge in [0.2, 0.25) is 11.8 Å². The Morgan fingerprint density at radius 3 is 2.83 bits per heavy atom. The molecule has 154 valence electrons. The SMILES string of the molecule is Cc1cnc(NCC2CCN(C(=O)O)CC2)nc1C(C#N)c1nc2ccccc2o1. The number of nitrogens with zero attached hydrogens (tertiary/aromatic N) is 5. The highest BCUT2D eigenvalue weighted by molar-refractivity contribution is 5.72. The molecule has 1 saturated heterocycles. The maximum absolute atomic E-state index is 11.0. The Morgan fingerprint density at radius 1 is 1.37 bits per heavy atom. The Morgan fingerprint density at radius 2 is 2.13 bits per heavy atom. The van der Waals surface area contributed by atoms with Crippen LogP contribution in [0.25, 0.3) is 11.1 Å². The van der Waals surface area contributed by atoms with E-state index in [0.717, 1.165) is 18.4 Å². The van der Waals surface area contributed by atoms with E-state index in [0.29, 0.717) is 54.2 Å². The summed E-state index contributed by atoms with van der Waals surface area (Å²) in [5, 5.41) is 22.1. The van der Waals surface area contributed by atoms with Crippen molar-refractivity contribution in [3.63, 3.8) is 0 Å². The molecule has 2 N–H and O–H groups in total. The van der Waals surface area contributed by atoms with Gasteiger partial charge in [-0.1, -0.05) is 12.1 Å². The number of carboxylic acid groups (broad SMARTS) is 1. The van der Waals surface area contributed by atoms with Crippen LogP contribution in [0.15, 0.2) is 34.9 Å². The maximum atomic E-state index is 11.0. The van der Waals surface area contributed by atoms with Gasteiger partial charge in [-0.05, 0) is 43.4 Å². The number of hydrogen-bond donors (Lipinski definition) is 2. The molecule has 2 aromatic heterocycles. The molecule has 0 radical (unpaired) electrons. The van der Waals surface area contributed by atoms with Gasteiger partial charge in [0.05, 0.1) is 11.8 Å². The second kappa shape index (κ2) is 8.37. The maximum Gasteiger partial charge on any atom is 0.407 e. The zero-order valence-electron chi connectivity index (χ0n) is 16.6. The quantitative estimate of drug-likeness (QED) is 0.660. The van der Waals surface area contributed by atoms with Gasteiger partial charge < -0.3 is 19.7 Å². The minimum absolute atomic E-state index is 0.312. The summed E-state index contributed by atoms with van der Waals surface area (Å²) in [6.07, 6.45) is 2.41. The molecule has 0 bridgehead atoms. The van der Waals surface area contributed by atoms with Gasteiger partial charge in [0.1, 0.15) is 5.52 Å². The third-order valence-corrected chi connectivity index (χ3v) is 5.40. The van der Waals surface area contributed by atoms with Crippen molar-refractivity contribution in [2.45, 2.75) is 25.7 Å². The van der Waals surface area contributed by atoms with Crippen molar-refractivity contribution in [3.8, 4) is 6.07 Å². The lowest BCUT2D eigenvalue weighted by atomic mass is 9.97. The second-order valence-electron chi connectivity index (χ2n) is 7.44. The van der Waals surface area contributed by atoms with Crippen molar-refractivity contribution in [2.24, 2.45) is 5.92 Å². The average molecular weight is 406 g/mol. The number of piperidine rings is 1. The van der Waals surface area contributed by atoms with Gasteiger partial charge in [-0.15, -0.1) is 0 Å². The molecule has 3 heterocycles. The van der Waals surface area contributed by atoms with Crippen LogP contribution in [0.2, 0.25) is 0 Å². The number of nitrogens with one attached hydrogen (secondary N) is 1. The second-order valence-corrected chi connectivity index (χ2v) is 7.44. The van der Waals surface area contributed by atoms with Crippen LogP contribution in [-0.4, -0.2) is 50.7 Å². The highest BCUT2D eigenvalue weighted by atomic mass is 16.4. The van der Waals surface area contributed by atoms with Crippen LogP contribution in [0.5, 0.6) is 0 Å². The lowest BCUT2D eigenvalue weighted by molar-refractivity contribution is 0.126. The standard InChI is InChI=1S/C21H22N6O3/c1-13-11-23-20(24-12-14-6-8-27(9-7-14)21(28)29)26-18(13)15(10-22)19-25-16-4-2-3-5-17(16)30-19/h2-5,11,14-15H,6-9,12H2,1H3,(H,28,29)(H,23,24,26). The molecule has 9 heteroatoms. The summed E-state index contributed by atoms with van der Waals surface area (Å²) in [5.41, 5.74) is 2.67. The topological polar surface area (TPSA) is 128 Å². The number of likely N-dealkylation sites (tertiary alicyclic amines) is 1. The van der Waals surface area contributed by atoms with E-state index in [1.54, 1.807) is 6.20 Å². The molecule has 1 unspecified atom stereocenters. The molecule has 1 atom stereocenters. The van der Waals surface area contributed by atoms with E-state index < -0.39 is 12.0 Å². The molecular weight excluding hydrogens is 384 g/mol. The Kier molecular flexibility index (Phi) is 5.48. The highest BCUT2D eigenvalue weighted by Crippen LogP contribution is 2.28. The number of rotatable bonds is 5. The largest absolute Gasteiger partial charge is 0.465 e. The third-order valence-electron chi connectivity index (χ3n) is 5.40. The number of fused-ring (bicyclic) bond motifs is 1. The first kappa shape index (κ1) is 19.6. The third kappa shape index (κ3) is 4.03. The molecule has 1 fully saturated rings. The molecule has 3 aromatic rings. The van der Waals surface area contributed by atoms with Gasteiger partial charge in [-0.2, -0.15) is 5.26 Å². The van der Waals surface area contributed by atoms with E-state index in [-0.39, 0.29) is 0 Å². The van der Waals surface area contributed by atoms with Crippen molar-refractivity contribution in [3.05, 3.63) is 47.6 Å². The highest BCUT2D eigenvalue weighted by Gasteiger charge is 2.25. The summed E-state index contributed by atoms with van der Waals surface area (Å²) in [4.78, 5) is 25.8. The Bertz CT molecular complexity index is 1060. The number of amides is 1. The van der Waals surface area contributed by atoms with E-state index in [9.17, 15) is 10.1 Å². The Balaban J connectivity index is 1.48. The summed E-state index contributed by atoms with van der Waals surface area (Å²) in [6.45, 7) is 3.58. The lowest BCUT2D eigenvalue weighted by Crippen LogP contribution is -2.39. The summed E-state index contributed by atoms with van der Waals surface area (Å²) in [6, 6.07) is 9.63. The van der Waals surface area contributed by atoms with Crippen LogP contribution < -0.4 is 5.32 Å². The zero-order valence-corrected chi connectivity index (χ0v) is 16.6. The minimum atomic E-state index is -0.866. The molecule has 30 heavy (non-hydrogen) atoms. The number of oxazole rings is 1. The number of benzene rings is 1. The van der Waals surface area contributed by atoms with Crippen molar-refractivity contribution >= 4 is 23.1 Å². The zero-order chi connectivity index (χ0) is 21.1. The number of anilines is 1. The van der Waals surface area contributed by atoms with Crippen molar-refractivity contribution in [1.82, 2.24) is 19.9 Å². The number of aryl methyl sites for hydroxylation is 1. The smallest absolute Gasteiger partial charge is 0.407 e. The van der Waals surface area contributed by atoms with Crippen LogP contribution in [0.3, 0.4) is 0 Å². The van der Waals surface area contributed by atoms with E-state index in [2.05, 4.69) is 26.3 Å². The number of aromatic nitrogens is 3. The molecule has 1 amide bonds. The van der Waals surface area contributed by atoms with Gasteiger partial charge in [0, 0.05) is 25.8 Å². The van der Waals surface area contributed by atoms with Crippen LogP contribution in [0, 0.1) is 24.2 Å². The van der Waals surface area contributed by atoms with Crippen LogP contribution in [0.4, 0.5) is 10.7 Å². The molecule has 4 rings (SSSR count). The Hall–Kier alpha value is -3.67. The van der Waals surface area contributed by atoms with Crippen LogP contribution >= 0.6 is 0 Å². The summed E-state index contributed by atoms with van der Waals surface area (Å²) < 4.78 is 5.79. The number of carbonyl (C=O) groups is 1. The predicted octanol–water partition coefficient (Wildman–Crippen LogP) is 3.38. The molecule has 1 aliphatic rings. The lowest BCUT2D eigenvalue weighted by Gasteiger charge is -2.30. The van der Waals surface area contributed by atoms with Crippen molar-refractivity contribution < 1.29 is 14.3 Å². The van der Waals surface area contributed by atoms with E-state index in [1.807, 2.05) is 31.2 Å². The molecule has 0 saturated carbocycles. The first-order valence-corrected chi connectivity index (χ1v) is 9.85. The first-order valence-electron chi connectivity index (χ1n) is 9.85. The molecule has 9 nitrogen and oxygen atoms in total. The first-order chi connectivity index (χ1) is 14.5. The van der Waals surface area contributed by atoms with Gasteiger partial charge in [0.15, 0.2) is 11.5 Å². The number of hydrogen-bond acceptors (Lipinski definition) is 7. The molecule has 0 spiro atoms. The molecule has 1 aliphatic heterocycles. The molecule has 1 aromatic carbocycles. The van der Waals surface area contributed by atoms with Gasteiger partial charge in [-0.25, -0.2) is 19.7 Å². The molecular formula is C21H22N6O3. The number of para-hydroxylation sites is 2. The van der Waals surface area contributed by atoms with Crippen LogP contribution in [-0.2, 0) is 0 Å². The molecule has 0 aliphatic carbocycles. The fourth-order valence-corrected chi connectivity index (χ4v) is 3.64.